The molecule has 0 spiro atoms. The van der Waals surface area contributed by atoms with E-state index in [9.17, 15) is 9.59 Å². The fourth-order valence-electron chi connectivity index (χ4n) is 3.22. The van der Waals surface area contributed by atoms with Crippen LogP contribution in [-0.4, -0.2) is 28.3 Å². The Labute approximate surface area is 232 Å². The molecule has 3 aromatic carbocycles. The van der Waals surface area contributed by atoms with Gasteiger partial charge in [-0.15, -0.1) is 0 Å². The van der Waals surface area contributed by atoms with Crippen LogP contribution in [0.3, 0.4) is 0 Å². The molecule has 0 saturated carbocycles. The molecule has 1 heterocycles. The topological polar surface area (TPSA) is 67.9 Å². The minimum Gasteiger partial charge on any atom is -0.493 e. The number of nitrogens with zero attached hydrogens (tertiary/aromatic N) is 1. The first-order valence-corrected chi connectivity index (χ1v) is 12.7. The van der Waals surface area contributed by atoms with Gasteiger partial charge in [0.25, 0.3) is 11.8 Å². The van der Waals surface area contributed by atoms with Gasteiger partial charge in [-0.05, 0) is 66.3 Å². The van der Waals surface area contributed by atoms with Crippen LogP contribution >= 0.6 is 58.8 Å². The smallest absolute Gasteiger partial charge is 0.285 e. The third kappa shape index (κ3) is 5.96. The normalized spacial score (nSPS) is 14.3. The van der Waals surface area contributed by atoms with Crippen LogP contribution in [0.15, 0.2) is 65.6 Å². The predicted molar refractivity (Wildman–Crippen MR) is 148 cm³/mol. The summed E-state index contributed by atoms with van der Waals surface area (Å²) < 4.78 is 11.5. The molecule has 1 N–H and O–H groups in total. The maximum absolute atomic E-state index is 12.9. The molecular weight excluding hydrogens is 563 g/mol. The van der Waals surface area contributed by atoms with Gasteiger partial charge in [-0.1, -0.05) is 64.8 Å². The number of thioether (sulfide) groups is 1. The number of rotatable bonds is 7. The van der Waals surface area contributed by atoms with Crippen molar-refractivity contribution in [3.8, 4) is 11.5 Å². The number of nitrogens with one attached hydrogen (secondary N) is 1. The van der Waals surface area contributed by atoms with Crippen LogP contribution in [0.2, 0.25) is 15.1 Å². The van der Waals surface area contributed by atoms with Crippen molar-refractivity contribution < 1.29 is 19.1 Å². The fraction of sp³-hybridized carbons (Fsp3) is 0.0800. The molecule has 1 saturated heterocycles. The van der Waals surface area contributed by atoms with Gasteiger partial charge in [0, 0.05) is 26.2 Å². The molecule has 6 nitrogen and oxygen atoms in total. The van der Waals surface area contributed by atoms with E-state index >= 15 is 0 Å². The maximum Gasteiger partial charge on any atom is 0.285 e. The molecule has 4 rings (SSSR count). The Balaban J connectivity index is 1.48. The second kappa shape index (κ2) is 11.5. The zero-order valence-electron chi connectivity index (χ0n) is 18.6. The summed E-state index contributed by atoms with van der Waals surface area (Å²) in [6.07, 6.45) is 1.65. The predicted octanol–water partition coefficient (Wildman–Crippen LogP) is 6.78. The Kier molecular flexibility index (Phi) is 8.43. The van der Waals surface area contributed by atoms with E-state index in [1.54, 1.807) is 60.7 Å². The number of carbonyl (C=O) groups excluding carboxylic acids is 2. The monoisotopic (exact) mass is 578 g/mol. The van der Waals surface area contributed by atoms with Crippen molar-refractivity contribution in [3.05, 3.63) is 97.3 Å². The SMILES string of the molecule is COc1cc(/C=C2\SC(=S)N(NC(=O)c3cccc(Cl)c3)C2=O)ccc1OCc1c(Cl)cccc1Cl. The number of benzene rings is 3. The molecule has 0 atom stereocenters. The first-order valence-electron chi connectivity index (χ1n) is 10.3. The maximum atomic E-state index is 12.9. The van der Waals surface area contributed by atoms with E-state index in [1.165, 1.54) is 13.2 Å². The lowest BCUT2D eigenvalue weighted by molar-refractivity contribution is -0.123. The second-order valence-corrected chi connectivity index (χ2v) is 10.3. The average molecular weight is 580 g/mol. The van der Waals surface area contributed by atoms with E-state index in [2.05, 4.69) is 5.43 Å². The van der Waals surface area contributed by atoms with Crippen LogP contribution in [-0.2, 0) is 11.4 Å². The molecule has 36 heavy (non-hydrogen) atoms. The Bertz CT molecular complexity index is 1380. The number of amides is 2. The van der Waals surface area contributed by atoms with Gasteiger partial charge in [-0.2, -0.15) is 5.01 Å². The highest BCUT2D eigenvalue weighted by Gasteiger charge is 2.34. The molecule has 0 bridgehead atoms. The van der Waals surface area contributed by atoms with Crippen molar-refractivity contribution in [2.45, 2.75) is 6.61 Å². The molecule has 0 aliphatic carbocycles. The van der Waals surface area contributed by atoms with Crippen LogP contribution < -0.4 is 14.9 Å². The van der Waals surface area contributed by atoms with Crippen molar-refractivity contribution >= 4 is 81.0 Å². The van der Waals surface area contributed by atoms with Crippen LogP contribution in [0.1, 0.15) is 21.5 Å². The Hall–Kier alpha value is -2.75. The summed E-state index contributed by atoms with van der Waals surface area (Å²) in [5, 5.41) is 2.45. The quantitative estimate of drug-likeness (QED) is 0.246. The highest BCUT2D eigenvalue weighted by atomic mass is 35.5. The van der Waals surface area contributed by atoms with Crippen LogP contribution in [0.25, 0.3) is 6.08 Å². The summed E-state index contributed by atoms with van der Waals surface area (Å²) in [6, 6.07) is 16.8. The Morgan fingerprint density at radius 3 is 2.47 bits per heavy atom. The average Bonchev–Trinajstić information content (AvgIpc) is 3.11. The minimum absolute atomic E-state index is 0.152. The lowest BCUT2D eigenvalue weighted by Gasteiger charge is -2.15. The summed E-state index contributed by atoms with van der Waals surface area (Å²) in [4.78, 5) is 25.8. The van der Waals surface area contributed by atoms with Crippen LogP contribution in [0.5, 0.6) is 11.5 Å². The van der Waals surface area contributed by atoms with Crippen molar-refractivity contribution in [1.82, 2.24) is 10.4 Å². The highest BCUT2D eigenvalue weighted by Crippen LogP contribution is 2.35. The van der Waals surface area contributed by atoms with Gasteiger partial charge in [0.05, 0.1) is 12.0 Å². The summed E-state index contributed by atoms with van der Waals surface area (Å²) in [5.41, 5.74) is 4.17. The first kappa shape index (κ1) is 26.3. The zero-order valence-corrected chi connectivity index (χ0v) is 22.5. The molecule has 0 aromatic heterocycles. The molecule has 2 amide bonds. The van der Waals surface area contributed by atoms with E-state index in [0.29, 0.717) is 48.2 Å². The number of halogens is 3. The third-order valence-electron chi connectivity index (χ3n) is 5.01. The lowest BCUT2D eigenvalue weighted by Crippen LogP contribution is -2.44. The van der Waals surface area contributed by atoms with Crippen molar-refractivity contribution in [2.24, 2.45) is 0 Å². The molecule has 0 radical (unpaired) electrons. The van der Waals surface area contributed by atoms with Crippen molar-refractivity contribution in [1.29, 1.82) is 0 Å². The molecule has 3 aromatic rings. The molecule has 1 fully saturated rings. The molecule has 11 heteroatoms. The van der Waals surface area contributed by atoms with Gasteiger partial charge >= 0.3 is 0 Å². The van der Waals surface area contributed by atoms with Crippen LogP contribution in [0, 0.1) is 0 Å². The number of hydrazine groups is 1. The molecule has 1 aliphatic heterocycles. The fourth-order valence-corrected chi connectivity index (χ4v) is 5.10. The van der Waals surface area contributed by atoms with E-state index in [0.717, 1.165) is 16.8 Å². The number of thiocarbonyl (C=S) groups is 1. The van der Waals surface area contributed by atoms with Gasteiger partial charge in [-0.3, -0.25) is 15.0 Å². The minimum atomic E-state index is -0.503. The third-order valence-corrected chi connectivity index (χ3v) is 7.26. The Morgan fingerprint density at radius 2 is 1.78 bits per heavy atom. The number of hydrogen-bond donors (Lipinski definition) is 1. The molecule has 1 aliphatic rings. The molecular formula is C25H17Cl3N2O4S2. The van der Waals surface area contributed by atoms with Gasteiger partial charge in [0.2, 0.25) is 0 Å². The van der Waals surface area contributed by atoms with Gasteiger partial charge in [-0.25, -0.2) is 0 Å². The highest BCUT2D eigenvalue weighted by molar-refractivity contribution is 8.26. The van der Waals surface area contributed by atoms with E-state index < -0.39 is 11.8 Å². The summed E-state index contributed by atoms with van der Waals surface area (Å²) in [5.74, 6) is -0.0199. The van der Waals surface area contributed by atoms with Gasteiger partial charge in [0.15, 0.2) is 15.8 Å². The summed E-state index contributed by atoms with van der Waals surface area (Å²) in [7, 11) is 1.51. The van der Waals surface area contributed by atoms with Crippen molar-refractivity contribution in [2.75, 3.05) is 7.11 Å². The largest absolute Gasteiger partial charge is 0.493 e. The Morgan fingerprint density at radius 1 is 1.06 bits per heavy atom. The number of carbonyl (C=O) groups is 2. The molecule has 184 valence electrons. The van der Waals surface area contributed by atoms with E-state index in [4.69, 9.17) is 56.5 Å². The molecule has 0 unspecified atom stereocenters. The van der Waals surface area contributed by atoms with Crippen molar-refractivity contribution in [3.63, 3.8) is 0 Å². The number of methoxy groups -OCH3 is 1. The summed E-state index contributed by atoms with van der Waals surface area (Å²) in [6.45, 7) is 0.152. The summed E-state index contributed by atoms with van der Waals surface area (Å²) >= 11 is 24.7. The number of ether oxygens (including phenoxy) is 2. The van der Waals surface area contributed by atoms with Gasteiger partial charge in [0.1, 0.15) is 6.61 Å². The van der Waals surface area contributed by atoms with Gasteiger partial charge < -0.3 is 9.47 Å². The number of hydrogen-bond acceptors (Lipinski definition) is 6. The first-order chi connectivity index (χ1) is 17.3. The van der Waals surface area contributed by atoms with E-state index in [1.807, 2.05) is 0 Å². The van der Waals surface area contributed by atoms with E-state index in [-0.39, 0.29) is 10.9 Å². The van der Waals surface area contributed by atoms with Crippen LogP contribution in [0.4, 0.5) is 0 Å². The standard InChI is InChI=1S/C25H17Cl3N2O4S2/c1-33-21-10-14(8-9-20(21)34-13-17-18(27)6-3-7-19(17)28)11-22-24(32)30(25(35)36-22)29-23(31)15-4-2-5-16(26)12-15/h2-12H,13H2,1H3,(H,29,31)/b22-11-. The zero-order chi connectivity index (χ0) is 25.8. The second-order valence-electron chi connectivity index (χ2n) is 7.37. The lowest BCUT2D eigenvalue weighted by atomic mass is 10.2.